The highest BCUT2D eigenvalue weighted by Crippen LogP contribution is 2.25. The molecule has 0 spiro atoms. The number of nitrogens with one attached hydrogen (secondary N) is 2. The highest BCUT2D eigenvalue weighted by Gasteiger charge is 2.14. The molecule has 0 atom stereocenters. The number of ether oxygens (including phenoxy) is 1. The van der Waals surface area contributed by atoms with Gasteiger partial charge >= 0.3 is 0 Å². The Bertz CT molecular complexity index is 966. The highest BCUT2D eigenvalue weighted by molar-refractivity contribution is 6.31. The van der Waals surface area contributed by atoms with Crippen LogP contribution in [0.1, 0.15) is 17.3 Å². The molecule has 1 heterocycles. The van der Waals surface area contributed by atoms with Crippen LogP contribution in [0.25, 0.3) is 11.0 Å². The highest BCUT2D eigenvalue weighted by atomic mass is 35.5. The van der Waals surface area contributed by atoms with E-state index in [1.54, 1.807) is 42.5 Å². The normalized spacial score (nSPS) is 10.6. The van der Waals surface area contributed by atoms with Gasteiger partial charge in [-0.3, -0.25) is 10.2 Å². The van der Waals surface area contributed by atoms with Crippen molar-refractivity contribution in [1.82, 2.24) is 0 Å². The zero-order valence-electron chi connectivity index (χ0n) is 12.9. The lowest BCUT2D eigenvalue weighted by molar-refractivity contribution is 0.102. The van der Waals surface area contributed by atoms with Gasteiger partial charge in [0.15, 0.2) is 11.3 Å². The maximum Gasteiger partial charge on any atom is 0.261 e. The summed E-state index contributed by atoms with van der Waals surface area (Å²) in [5.41, 5.74) is 0.907. The molecule has 0 bridgehead atoms. The van der Waals surface area contributed by atoms with Gasteiger partial charge in [-0.15, -0.1) is 0 Å². The molecule has 0 unspecified atom stereocenters. The summed E-state index contributed by atoms with van der Waals surface area (Å²) in [4.78, 5) is 12.4. The third-order valence-electron chi connectivity index (χ3n) is 3.38. The first-order valence-electron chi connectivity index (χ1n) is 7.39. The van der Waals surface area contributed by atoms with Crippen molar-refractivity contribution < 1.29 is 13.9 Å². The number of carbonyl (C=O) groups is 1. The first-order chi connectivity index (χ1) is 11.6. The number of hydrogen-bond donors (Lipinski definition) is 2. The average Bonchev–Trinajstić information content (AvgIpc) is 2.55. The van der Waals surface area contributed by atoms with Crippen LogP contribution in [0.2, 0.25) is 5.02 Å². The first kappa shape index (κ1) is 16.1. The van der Waals surface area contributed by atoms with Gasteiger partial charge in [-0.05, 0) is 37.3 Å². The number of carbonyl (C=O) groups excluding carboxylic acids is 1. The van der Waals surface area contributed by atoms with Gasteiger partial charge in [-0.2, -0.15) is 0 Å². The molecule has 0 aliphatic carbocycles. The summed E-state index contributed by atoms with van der Waals surface area (Å²) < 4.78 is 11.0. The first-order valence-corrected chi connectivity index (χ1v) is 7.77. The smallest absolute Gasteiger partial charge is 0.261 e. The van der Waals surface area contributed by atoms with Crippen LogP contribution in [0.15, 0.2) is 52.9 Å². The molecule has 122 valence electrons. The van der Waals surface area contributed by atoms with Gasteiger partial charge in [0.25, 0.3) is 5.91 Å². The number of fused-ring (bicyclic) bond motifs is 1. The van der Waals surface area contributed by atoms with E-state index in [0.29, 0.717) is 34.0 Å². The predicted octanol–water partition coefficient (Wildman–Crippen LogP) is 4.22. The molecule has 0 saturated heterocycles. The minimum Gasteiger partial charge on any atom is -0.490 e. The average molecular weight is 343 g/mol. The van der Waals surface area contributed by atoms with Crippen molar-refractivity contribution in [3.63, 3.8) is 0 Å². The molecule has 5 nitrogen and oxygen atoms in total. The molecular formula is C18H15ClN2O3. The summed E-state index contributed by atoms with van der Waals surface area (Å²) in [5.74, 6) is 0.111. The van der Waals surface area contributed by atoms with Crippen molar-refractivity contribution in [3.05, 3.63) is 64.7 Å². The van der Waals surface area contributed by atoms with E-state index < -0.39 is 5.91 Å². The molecule has 1 aromatic heterocycles. The van der Waals surface area contributed by atoms with E-state index in [2.05, 4.69) is 5.32 Å². The molecule has 0 aliphatic rings. The minimum atomic E-state index is -0.435. The lowest BCUT2D eigenvalue weighted by Crippen LogP contribution is -2.20. The maximum absolute atomic E-state index is 12.4. The van der Waals surface area contributed by atoms with Crippen molar-refractivity contribution in [2.45, 2.75) is 6.92 Å². The topological polar surface area (TPSA) is 75.3 Å². The summed E-state index contributed by atoms with van der Waals surface area (Å²) in [6.07, 6.45) is 0. The minimum absolute atomic E-state index is 0.135. The van der Waals surface area contributed by atoms with Gasteiger partial charge < -0.3 is 14.5 Å². The second-order valence-corrected chi connectivity index (χ2v) is 5.50. The fourth-order valence-electron chi connectivity index (χ4n) is 2.34. The zero-order chi connectivity index (χ0) is 17.1. The molecule has 3 aromatic rings. The lowest BCUT2D eigenvalue weighted by atomic mass is 10.1. The Morgan fingerprint density at radius 1 is 1.25 bits per heavy atom. The summed E-state index contributed by atoms with van der Waals surface area (Å²) >= 11 is 5.91. The number of hydrogen-bond acceptors (Lipinski definition) is 4. The molecule has 3 rings (SSSR count). The largest absolute Gasteiger partial charge is 0.490 e. The zero-order valence-corrected chi connectivity index (χ0v) is 13.7. The molecular weight excluding hydrogens is 328 g/mol. The van der Waals surface area contributed by atoms with Crippen LogP contribution < -0.4 is 15.6 Å². The number of benzene rings is 2. The Labute approximate surface area is 143 Å². The van der Waals surface area contributed by atoms with E-state index in [0.717, 1.165) is 0 Å². The van der Waals surface area contributed by atoms with Gasteiger partial charge in [0, 0.05) is 16.1 Å². The van der Waals surface area contributed by atoms with Crippen LogP contribution in [0.4, 0.5) is 5.69 Å². The van der Waals surface area contributed by atoms with E-state index >= 15 is 0 Å². The quantitative estimate of drug-likeness (QED) is 0.745. The number of rotatable bonds is 4. The molecule has 1 amide bonds. The van der Waals surface area contributed by atoms with Crippen LogP contribution in [0.3, 0.4) is 0 Å². The molecule has 0 saturated carbocycles. The Balaban J connectivity index is 1.99. The van der Waals surface area contributed by atoms with E-state index in [4.69, 9.17) is 26.2 Å². The Morgan fingerprint density at radius 3 is 2.79 bits per heavy atom. The number of amides is 1. The monoisotopic (exact) mass is 342 g/mol. The molecule has 6 heteroatoms. The van der Waals surface area contributed by atoms with Gasteiger partial charge in [-0.1, -0.05) is 29.8 Å². The molecule has 24 heavy (non-hydrogen) atoms. The molecule has 0 fully saturated rings. The Hall–Kier alpha value is -2.79. The number of para-hydroxylation sites is 1. The summed E-state index contributed by atoms with van der Waals surface area (Å²) in [5, 5.41) is 11.9. The van der Waals surface area contributed by atoms with Crippen molar-refractivity contribution in [3.8, 4) is 5.75 Å². The second-order valence-electron chi connectivity index (χ2n) is 5.06. The van der Waals surface area contributed by atoms with E-state index in [9.17, 15) is 4.79 Å². The summed E-state index contributed by atoms with van der Waals surface area (Å²) in [6, 6.07) is 13.8. The third kappa shape index (κ3) is 3.26. The predicted molar refractivity (Wildman–Crippen MR) is 92.6 cm³/mol. The molecule has 0 aliphatic heterocycles. The van der Waals surface area contributed by atoms with Crippen LogP contribution in [0.5, 0.6) is 5.75 Å². The van der Waals surface area contributed by atoms with Crippen molar-refractivity contribution >= 4 is 34.2 Å². The molecule has 0 radical (unpaired) electrons. The summed E-state index contributed by atoms with van der Waals surface area (Å²) in [7, 11) is 0. The van der Waals surface area contributed by atoms with Crippen molar-refractivity contribution in [1.29, 1.82) is 5.41 Å². The van der Waals surface area contributed by atoms with E-state index in [1.807, 2.05) is 13.0 Å². The maximum atomic E-state index is 12.4. The number of halogens is 1. The van der Waals surface area contributed by atoms with E-state index in [1.165, 1.54) is 0 Å². The van der Waals surface area contributed by atoms with Crippen LogP contribution in [0, 0.1) is 5.41 Å². The van der Waals surface area contributed by atoms with Gasteiger partial charge in [0.2, 0.25) is 5.55 Å². The van der Waals surface area contributed by atoms with Crippen LogP contribution >= 0.6 is 11.6 Å². The molecule has 2 N–H and O–H groups in total. The van der Waals surface area contributed by atoms with Crippen molar-refractivity contribution in [2.75, 3.05) is 11.9 Å². The SMILES string of the molecule is CCOc1cccc2cc(C(=O)Nc3cccc(Cl)c3)c(=N)oc12. The van der Waals surface area contributed by atoms with Gasteiger partial charge in [-0.25, -0.2) is 0 Å². The summed E-state index contributed by atoms with van der Waals surface area (Å²) in [6.45, 7) is 2.35. The van der Waals surface area contributed by atoms with Crippen molar-refractivity contribution in [2.24, 2.45) is 0 Å². The molecule has 2 aromatic carbocycles. The van der Waals surface area contributed by atoms with Crippen LogP contribution in [-0.2, 0) is 0 Å². The number of anilines is 1. The fourth-order valence-corrected chi connectivity index (χ4v) is 2.53. The third-order valence-corrected chi connectivity index (χ3v) is 3.62. The Morgan fingerprint density at radius 2 is 2.04 bits per heavy atom. The fraction of sp³-hybridized carbons (Fsp3) is 0.111. The second kappa shape index (κ2) is 6.76. The van der Waals surface area contributed by atoms with Gasteiger partial charge in [0.05, 0.1) is 6.61 Å². The van der Waals surface area contributed by atoms with Crippen LogP contribution in [-0.4, -0.2) is 12.5 Å². The standard InChI is InChI=1S/C18H15ClN2O3/c1-2-23-15-8-3-5-11-9-14(17(20)24-16(11)15)18(22)21-13-7-4-6-12(19)10-13/h3-10,20H,2H2,1H3,(H,21,22). The van der Waals surface area contributed by atoms with E-state index in [-0.39, 0.29) is 11.1 Å². The van der Waals surface area contributed by atoms with Gasteiger partial charge in [0.1, 0.15) is 5.56 Å². The lowest BCUT2D eigenvalue weighted by Gasteiger charge is -2.09. The Kier molecular flexibility index (Phi) is 4.53.